The fourth-order valence-electron chi connectivity index (χ4n) is 2.64. The summed E-state index contributed by atoms with van der Waals surface area (Å²) in [7, 11) is 0. The summed E-state index contributed by atoms with van der Waals surface area (Å²) in [4.78, 5) is 37.4. The third-order valence-electron chi connectivity index (χ3n) is 4.06. The number of aryl methyl sites for hydroxylation is 1. The van der Waals surface area contributed by atoms with Gasteiger partial charge >= 0.3 is 5.97 Å². The van der Waals surface area contributed by atoms with Gasteiger partial charge in [0.1, 0.15) is 0 Å². The normalized spacial score (nSPS) is 14.1. The number of carboxylic acids is 1. The molecule has 26 heavy (non-hydrogen) atoms. The lowest BCUT2D eigenvalue weighted by atomic mass is 10.1. The standard InChI is InChI=1S/C18H18N2O5S/c1-11-10-12(17(22)20-6-8-26-9-7-20)2-3-13(11)19-16(21)14-4-5-15(25-14)18(23)24/h2-5,10H,6-9H2,1H3,(H,19,21)(H,23,24). The van der Waals surface area contributed by atoms with Crippen LogP contribution in [-0.4, -0.2) is 52.4 Å². The van der Waals surface area contributed by atoms with Crippen molar-refractivity contribution >= 4 is 35.2 Å². The summed E-state index contributed by atoms with van der Waals surface area (Å²) >= 11 is 1.84. The van der Waals surface area contributed by atoms with E-state index < -0.39 is 11.9 Å². The van der Waals surface area contributed by atoms with Crippen LogP contribution in [0.15, 0.2) is 34.7 Å². The minimum atomic E-state index is -1.24. The Balaban J connectivity index is 1.71. The Morgan fingerprint density at radius 2 is 1.81 bits per heavy atom. The first-order valence-electron chi connectivity index (χ1n) is 8.08. The first-order valence-corrected chi connectivity index (χ1v) is 9.23. The van der Waals surface area contributed by atoms with Crippen molar-refractivity contribution in [3.63, 3.8) is 0 Å². The summed E-state index contributed by atoms with van der Waals surface area (Å²) in [5, 5.41) is 11.5. The molecular formula is C18H18N2O5S. The number of hydrogen-bond acceptors (Lipinski definition) is 5. The Morgan fingerprint density at radius 3 is 2.42 bits per heavy atom. The molecule has 2 amide bonds. The summed E-state index contributed by atoms with van der Waals surface area (Å²) in [6.45, 7) is 3.28. The fourth-order valence-corrected chi connectivity index (χ4v) is 3.55. The van der Waals surface area contributed by atoms with Crippen LogP contribution < -0.4 is 5.32 Å². The summed E-state index contributed by atoms with van der Waals surface area (Å²) in [5.74, 6) is -0.295. The van der Waals surface area contributed by atoms with Crippen LogP contribution in [0.4, 0.5) is 5.69 Å². The average molecular weight is 374 g/mol. The lowest BCUT2D eigenvalue weighted by molar-refractivity contribution is 0.0659. The molecule has 0 radical (unpaired) electrons. The maximum Gasteiger partial charge on any atom is 0.371 e. The van der Waals surface area contributed by atoms with Crippen LogP contribution >= 0.6 is 11.8 Å². The molecule has 1 saturated heterocycles. The average Bonchev–Trinajstić information content (AvgIpc) is 3.14. The zero-order valence-corrected chi connectivity index (χ0v) is 15.0. The number of carboxylic acid groups (broad SMARTS) is 1. The number of amides is 2. The van der Waals surface area contributed by atoms with Crippen LogP contribution in [0.25, 0.3) is 0 Å². The quantitative estimate of drug-likeness (QED) is 0.854. The van der Waals surface area contributed by atoms with Crippen molar-refractivity contribution in [1.82, 2.24) is 4.90 Å². The molecule has 0 atom stereocenters. The van der Waals surface area contributed by atoms with Gasteiger partial charge in [-0.2, -0.15) is 11.8 Å². The minimum absolute atomic E-state index is 0.0107. The van der Waals surface area contributed by atoms with Crippen LogP contribution in [-0.2, 0) is 0 Å². The maximum atomic E-state index is 12.5. The van der Waals surface area contributed by atoms with Crippen LogP contribution in [0.2, 0.25) is 0 Å². The second-order valence-electron chi connectivity index (χ2n) is 5.86. The fraction of sp³-hybridized carbons (Fsp3) is 0.278. The highest BCUT2D eigenvalue weighted by Crippen LogP contribution is 2.20. The number of rotatable bonds is 4. The van der Waals surface area contributed by atoms with Gasteiger partial charge in [-0.05, 0) is 42.8 Å². The topological polar surface area (TPSA) is 99.9 Å². The smallest absolute Gasteiger partial charge is 0.371 e. The van der Waals surface area contributed by atoms with E-state index in [1.54, 1.807) is 25.1 Å². The number of thioether (sulfide) groups is 1. The molecular weight excluding hydrogens is 356 g/mol. The third-order valence-corrected chi connectivity index (χ3v) is 5.00. The molecule has 0 bridgehead atoms. The van der Waals surface area contributed by atoms with Gasteiger partial charge in [0.25, 0.3) is 11.8 Å². The van der Waals surface area contributed by atoms with Gasteiger partial charge in [0, 0.05) is 35.8 Å². The van der Waals surface area contributed by atoms with Gasteiger partial charge in [-0.1, -0.05) is 0 Å². The third kappa shape index (κ3) is 3.91. The SMILES string of the molecule is Cc1cc(C(=O)N2CCSCC2)ccc1NC(=O)c1ccc(C(=O)O)o1. The van der Waals surface area contributed by atoms with Crippen molar-refractivity contribution in [3.05, 3.63) is 53.0 Å². The van der Waals surface area contributed by atoms with E-state index in [0.29, 0.717) is 11.3 Å². The molecule has 1 aromatic carbocycles. The van der Waals surface area contributed by atoms with Crippen molar-refractivity contribution in [2.75, 3.05) is 29.9 Å². The highest BCUT2D eigenvalue weighted by Gasteiger charge is 2.20. The molecule has 1 aromatic heterocycles. The van der Waals surface area contributed by atoms with Crippen molar-refractivity contribution < 1.29 is 23.9 Å². The van der Waals surface area contributed by atoms with Gasteiger partial charge in [0.15, 0.2) is 5.76 Å². The zero-order chi connectivity index (χ0) is 18.7. The van der Waals surface area contributed by atoms with Crippen LogP contribution in [0.5, 0.6) is 0 Å². The number of hydrogen-bond donors (Lipinski definition) is 2. The van der Waals surface area contributed by atoms with E-state index >= 15 is 0 Å². The molecule has 0 spiro atoms. The number of furan rings is 1. The largest absolute Gasteiger partial charge is 0.475 e. The van der Waals surface area contributed by atoms with E-state index in [0.717, 1.165) is 30.2 Å². The number of carbonyl (C=O) groups is 3. The summed E-state index contributed by atoms with van der Waals surface area (Å²) < 4.78 is 4.99. The highest BCUT2D eigenvalue weighted by atomic mass is 32.2. The summed E-state index contributed by atoms with van der Waals surface area (Å²) in [6, 6.07) is 7.62. The number of carbonyl (C=O) groups excluding carboxylic acids is 2. The number of benzene rings is 1. The first-order chi connectivity index (χ1) is 12.5. The van der Waals surface area contributed by atoms with Gasteiger partial charge in [-0.15, -0.1) is 0 Å². The van der Waals surface area contributed by atoms with Gasteiger partial charge in [0.05, 0.1) is 0 Å². The van der Waals surface area contributed by atoms with Gasteiger partial charge < -0.3 is 19.7 Å². The molecule has 3 rings (SSSR count). The second kappa shape index (κ2) is 7.65. The molecule has 1 aliphatic rings. The van der Waals surface area contributed by atoms with E-state index in [-0.39, 0.29) is 17.4 Å². The Morgan fingerprint density at radius 1 is 1.12 bits per heavy atom. The summed E-state index contributed by atoms with van der Waals surface area (Å²) in [6.07, 6.45) is 0. The lowest BCUT2D eigenvalue weighted by Crippen LogP contribution is -2.37. The van der Waals surface area contributed by atoms with E-state index in [4.69, 9.17) is 9.52 Å². The van der Waals surface area contributed by atoms with Crippen molar-refractivity contribution in [1.29, 1.82) is 0 Å². The van der Waals surface area contributed by atoms with Crippen molar-refractivity contribution in [3.8, 4) is 0 Å². The number of anilines is 1. The van der Waals surface area contributed by atoms with Crippen LogP contribution in [0.1, 0.15) is 37.0 Å². The molecule has 7 nitrogen and oxygen atoms in total. The van der Waals surface area contributed by atoms with E-state index in [9.17, 15) is 14.4 Å². The molecule has 1 aliphatic heterocycles. The van der Waals surface area contributed by atoms with E-state index in [1.165, 1.54) is 12.1 Å². The van der Waals surface area contributed by atoms with E-state index in [1.807, 2.05) is 16.7 Å². The molecule has 1 fully saturated rings. The number of nitrogens with one attached hydrogen (secondary N) is 1. The molecule has 0 unspecified atom stereocenters. The number of aromatic carboxylic acids is 1. The van der Waals surface area contributed by atoms with Crippen molar-refractivity contribution in [2.24, 2.45) is 0 Å². The molecule has 8 heteroatoms. The Hall–Kier alpha value is -2.74. The molecule has 2 heterocycles. The van der Waals surface area contributed by atoms with E-state index in [2.05, 4.69) is 5.32 Å². The highest BCUT2D eigenvalue weighted by molar-refractivity contribution is 7.99. The Kier molecular flexibility index (Phi) is 5.32. The number of nitrogens with zero attached hydrogens (tertiary/aromatic N) is 1. The van der Waals surface area contributed by atoms with Gasteiger partial charge in [-0.3, -0.25) is 9.59 Å². The second-order valence-corrected chi connectivity index (χ2v) is 7.08. The molecule has 136 valence electrons. The molecule has 2 aromatic rings. The lowest BCUT2D eigenvalue weighted by Gasteiger charge is -2.26. The minimum Gasteiger partial charge on any atom is -0.475 e. The zero-order valence-electron chi connectivity index (χ0n) is 14.2. The van der Waals surface area contributed by atoms with Crippen LogP contribution in [0, 0.1) is 6.92 Å². The first kappa shape index (κ1) is 18.1. The summed E-state index contributed by atoms with van der Waals surface area (Å²) in [5.41, 5.74) is 1.85. The monoisotopic (exact) mass is 374 g/mol. The van der Waals surface area contributed by atoms with Crippen molar-refractivity contribution in [2.45, 2.75) is 6.92 Å². The predicted octanol–water partition coefficient (Wildman–Crippen LogP) is 2.73. The maximum absolute atomic E-state index is 12.5. The Labute approximate surface area is 154 Å². The Bertz CT molecular complexity index is 855. The predicted molar refractivity (Wildman–Crippen MR) is 98.0 cm³/mol. The molecule has 0 saturated carbocycles. The molecule has 0 aliphatic carbocycles. The van der Waals surface area contributed by atoms with Crippen LogP contribution in [0.3, 0.4) is 0 Å². The molecule has 2 N–H and O–H groups in total. The van der Waals surface area contributed by atoms with Gasteiger partial charge in [-0.25, -0.2) is 4.79 Å². The van der Waals surface area contributed by atoms with Gasteiger partial charge in [0.2, 0.25) is 5.76 Å².